The van der Waals surface area contributed by atoms with Crippen molar-refractivity contribution in [3.8, 4) is 6.07 Å². The number of benzene rings is 1. The van der Waals surface area contributed by atoms with Crippen molar-refractivity contribution in [2.75, 3.05) is 5.43 Å². The Labute approximate surface area is 143 Å². The number of halogens is 1. The zero-order chi connectivity index (χ0) is 16.8. The van der Waals surface area contributed by atoms with E-state index in [4.69, 9.17) is 5.26 Å². The maximum Gasteiger partial charge on any atom is 0.335 e. The minimum Gasteiger partial charge on any atom is -0.311 e. The van der Waals surface area contributed by atoms with Crippen molar-refractivity contribution in [2.24, 2.45) is 10.2 Å². The lowest BCUT2D eigenvalue weighted by Gasteiger charge is -2.22. The molecule has 0 fully saturated rings. The quantitative estimate of drug-likeness (QED) is 0.391. The number of urea groups is 1. The minimum absolute atomic E-state index is 0.447. The minimum atomic E-state index is -0.925. The number of hydrazine groups is 1. The molecule has 118 valence electrons. The maximum atomic E-state index is 11.8. The van der Waals surface area contributed by atoms with Gasteiger partial charge in [-0.2, -0.15) is 15.5 Å². The van der Waals surface area contributed by atoms with Crippen molar-refractivity contribution in [1.29, 1.82) is 5.26 Å². The van der Waals surface area contributed by atoms with Gasteiger partial charge < -0.3 is 5.32 Å². The maximum absolute atomic E-state index is 11.8. The van der Waals surface area contributed by atoms with Gasteiger partial charge in [-0.25, -0.2) is 4.79 Å². The van der Waals surface area contributed by atoms with E-state index in [0.717, 1.165) is 9.26 Å². The van der Waals surface area contributed by atoms with Crippen molar-refractivity contribution in [3.05, 3.63) is 27.8 Å². The molecule has 0 aromatic heterocycles. The van der Waals surface area contributed by atoms with Crippen LogP contribution >= 0.6 is 22.6 Å². The second kappa shape index (κ2) is 7.40. The molecule has 0 atom stereocenters. The molecule has 0 saturated carbocycles. The molecule has 1 rings (SSSR count). The standard InChI is InChI=1S/C14H19IN6O/c1-13(2,9-16)20-21-14(3,4)17-12(22)19-18-11-7-5-10(15)6-8-11/h5-8,18H,1-4H3,(H2,17,19,22). The Morgan fingerprint density at radius 2 is 1.77 bits per heavy atom. The fourth-order valence-electron chi connectivity index (χ4n) is 1.27. The zero-order valence-electron chi connectivity index (χ0n) is 12.9. The van der Waals surface area contributed by atoms with Gasteiger partial charge >= 0.3 is 6.03 Å². The summed E-state index contributed by atoms with van der Waals surface area (Å²) in [5, 5.41) is 19.5. The summed E-state index contributed by atoms with van der Waals surface area (Å²) >= 11 is 2.20. The molecule has 0 bridgehead atoms. The largest absolute Gasteiger partial charge is 0.335 e. The van der Waals surface area contributed by atoms with Crippen LogP contribution in [0.15, 0.2) is 34.5 Å². The molecule has 3 N–H and O–H groups in total. The van der Waals surface area contributed by atoms with E-state index in [0.29, 0.717) is 0 Å². The third-order valence-electron chi connectivity index (χ3n) is 2.41. The average molecular weight is 414 g/mol. The van der Waals surface area contributed by atoms with Gasteiger partial charge in [-0.05, 0) is 74.6 Å². The fraction of sp³-hybridized carbons (Fsp3) is 0.429. The van der Waals surface area contributed by atoms with E-state index < -0.39 is 17.2 Å². The molecule has 0 aliphatic carbocycles. The lowest BCUT2D eigenvalue weighted by Crippen LogP contribution is -2.48. The number of hydrogen-bond acceptors (Lipinski definition) is 5. The molecule has 2 amide bonds. The lowest BCUT2D eigenvalue weighted by molar-refractivity contribution is 0.231. The summed E-state index contributed by atoms with van der Waals surface area (Å²) in [5.74, 6) is 0. The first-order valence-corrected chi connectivity index (χ1v) is 7.66. The van der Waals surface area contributed by atoms with Crippen LogP contribution in [-0.2, 0) is 0 Å². The molecule has 1 aromatic rings. The summed E-state index contributed by atoms with van der Waals surface area (Å²) in [6.45, 7) is 6.67. The Bertz CT molecular complexity index is 588. The number of nitrogens with one attached hydrogen (secondary N) is 3. The van der Waals surface area contributed by atoms with Gasteiger partial charge in [0.25, 0.3) is 0 Å². The third-order valence-corrected chi connectivity index (χ3v) is 3.13. The monoisotopic (exact) mass is 414 g/mol. The highest BCUT2D eigenvalue weighted by molar-refractivity contribution is 14.1. The number of nitriles is 1. The predicted molar refractivity (Wildman–Crippen MR) is 93.1 cm³/mol. The predicted octanol–water partition coefficient (Wildman–Crippen LogP) is 3.41. The summed E-state index contributed by atoms with van der Waals surface area (Å²) in [7, 11) is 0. The first-order chi connectivity index (χ1) is 10.1. The Balaban J connectivity index is 2.53. The van der Waals surface area contributed by atoms with Gasteiger partial charge in [-0.1, -0.05) is 0 Å². The van der Waals surface area contributed by atoms with Gasteiger partial charge in [-0.15, -0.1) is 0 Å². The van der Waals surface area contributed by atoms with E-state index in [9.17, 15) is 4.79 Å². The van der Waals surface area contributed by atoms with Crippen molar-refractivity contribution in [2.45, 2.75) is 38.9 Å². The topological polar surface area (TPSA) is 102 Å². The number of carbonyl (C=O) groups excluding carboxylic acids is 1. The van der Waals surface area contributed by atoms with Gasteiger partial charge in [0.2, 0.25) is 0 Å². The Morgan fingerprint density at radius 3 is 2.32 bits per heavy atom. The summed E-state index contributed by atoms with van der Waals surface area (Å²) in [5.41, 5.74) is 4.22. The van der Waals surface area contributed by atoms with Crippen molar-refractivity contribution < 1.29 is 4.79 Å². The first-order valence-electron chi connectivity index (χ1n) is 6.59. The van der Waals surface area contributed by atoms with Crippen LogP contribution in [0, 0.1) is 14.9 Å². The lowest BCUT2D eigenvalue weighted by atomic mass is 10.1. The zero-order valence-corrected chi connectivity index (χ0v) is 15.1. The van der Waals surface area contributed by atoms with Gasteiger partial charge in [0, 0.05) is 3.57 Å². The summed E-state index contributed by atoms with van der Waals surface area (Å²) < 4.78 is 1.11. The molecule has 0 aliphatic heterocycles. The van der Waals surface area contributed by atoms with E-state index in [1.807, 2.05) is 30.3 Å². The molecular formula is C14H19IN6O. The highest BCUT2D eigenvalue weighted by atomic mass is 127. The molecule has 0 aliphatic rings. The second-order valence-corrected chi connectivity index (χ2v) is 6.89. The van der Waals surface area contributed by atoms with E-state index in [1.165, 1.54) is 0 Å². The van der Waals surface area contributed by atoms with Crippen LogP contribution in [0.4, 0.5) is 10.5 Å². The highest BCUT2D eigenvalue weighted by Crippen LogP contribution is 2.13. The van der Waals surface area contributed by atoms with Crippen molar-refractivity contribution >= 4 is 34.3 Å². The molecule has 0 radical (unpaired) electrons. The molecule has 22 heavy (non-hydrogen) atoms. The molecule has 0 spiro atoms. The van der Waals surface area contributed by atoms with Crippen LogP contribution in [0.25, 0.3) is 0 Å². The van der Waals surface area contributed by atoms with E-state index in [2.05, 4.69) is 49.0 Å². The first kappa shape index (κ1) is 18.2. The fourth-order valence-corrected chi connectivity index (χ4v) is 1.63. The smallest absolute Gasteiger partial charge is 0.311 e. The SMILES string of the molecule is CC(C)(C#N)N=NC(C)(C)NC(=O)NNc1ccc(I)cc1. The number of amides is 2. The number of carbonyl (C=O) groups is 1. The van der Waals surface area contributed by atoms with Crippen LogP contribution in [0.2, 0.25) is 0 Å². The second-order valence-electron chi connectivity index (χ2n) is 5.64. The number of hydrogen-bond donors (Lipinski definition) is 3. The normalized spacial score (nSPS) is 11.8. The molecule has 0 saturated heterocycles. The van der Waals surface area contributed by atoms with Crippen LogP contribution in [0.1, 0.15) is 27.7 Å². The van der Waals surface area contributed by atoms with Crippen molar-refractivity contribution in [3.63, 3.8) is 0 Å². The van der Waals surface area contributed by atoms with Crippen LogP contribution in [0.5, 0.6) is 0 Å². The molecule has 1 aromatic carbocycles. The molecule has 0 heterocycles. The Hall–Kier alpha value is -1.89. The van der Waals surface area contributed by atoms with Crippen molar-refractivity contribution in [1.82, 2.24) is 10.7 Å². The van der Waals surface area contributed by atoms with Gasteiger partial charge in [0.1, 0.15) is 5.66 Å². The molecule has 7 nitrogen and oxygen atoms in total. The van der Waals surface area contributed by atoms with Crippen LogP contribution in [0.3, 0.4) is 0 Å². The van der Waals surface area contributed by atoms with Gasteiger partial charge in [0.15, 0.2) is 5.54 Å². The summed E-state index contributed by atoms with van der Waals surface area (Å²) in [6.07, 6.45) is 0. The van der Waals surface area contributed by atoms with Crippen LogP contribution < -0.4 is 16.2 Å². The van der Waals surface area contributed by atoms with E-state index in [1.54, 1.807) is 27.7 Å². The van der Waals surface area contributed by atoms with Gasteiger partial charge in [-0.3, -0.25) is 10.9 Å². The number of rotatable bonds is 5. The van der Waals surface area contributed by atoms with Crippen LogP contribution in [-0.4, -0.2) is 17.2 Å². The number of nitrogens with zero attached hydrogens (tertiary/aromatic N) is 3. The summed E-state index contributed by atoms with van der Waals surface area (Å²) in [6, 6.07) is 9.11. The van der Waals surface area contributed by atoms with E-state index >= 15 is 0 Å². The van der Waals surface area contributed by atoms with E-state index in [-0.39, 0.29) is 0 Å². The number of anilines is 1. The Kier molecular flexibility index (Phi) is 6.11. The molecular weight excluding hydrogens is 395 g/mol. The molecule has 8 heteroatoms. The van der Waals surface area contributed by atoms with Gasteiger partial charge in [0.05, 0.1) is 11.8 Å². The summed E-state index contributed by atoms with van der Waals surface area (Å²) in [4.78, 5) is 11.8. The highest BCUT2D eigenvalue weighted by Gasteiger charge is 2.22. The Morgan fingerprint density at radius 1 is 1.18 bits per heavy atom. The average Bonchev–Trinajstić information content (AvgIpc) is 2.44. The molecule has 0 unspecified atom stereocenters. The number of azo groups is 1. The third kappa shape index (κ3) is 6.71.